The summed E-state index contributed by atoms with van der Waals surface area (Å²) >= 11 is 0. The number of ketones is 1. The maximum Gasteiger partial charge on any atom is 0.335 e. The molecular formula is C43H66O14. The van der Waals surface area contributed by atoms with Crippen LogP contribution < -0.4 is 0 Å². The molecule has 0 aromatic rings. The fraction of sp³-hybridized carbons (Fsp3) is 0.860. The first-order valence-corrected chi connectivity index (χ1v) is 21.5. The largest absolute Gasteiger partial charge is 0.479 e. The second kappa shape index (κ2) is 16.9. The van der Waals surface area contributed by atoms with Gasteiger partial charge in [0.05, 0.1) is 43.2 Å². The van der Waals surface area contributed by atoms with Gasteiger partial charge in [0.1, 0.15) is 24.4 Å². The molecule has 6 saturated heterocycles. The van der Waals surface area contributed by atoms with Gasteiger partial charge in [-0.05, 0) is 89.5 Å². The van der Waals surface area contributed by atoms with Crippen molar-refractivity contribution in [1.82, 2.24) is 0 Å². The lowest BCUT2D eigenvalue weighted by molar-refractivity contribution is -0.320. The smallest absolute Gasteiger partial charge is 0.335 e. The maximum absolute atomic E-state index is 13.5. The van der Waals surface area contributed by atoms with Crippen molar-refractivity contribution >= 4 is 11.8 Å². The Kier molecular flexibility index (Phi) is 12.8. The lowest BCUT2D eigenvalue weighted by Crippen LogP contribution is -2.63. The van der Waals surface area contributed by atoms with Crippen LogP contribution in [0, 0.1) is 17.8 Å². The van der Waals surface area contributed by atoms with Crippen molar-refractivity contribution in [2.24, 2.45) is 17.8 Å². The van der Waals surface area contributed by atoms with Gasteiger partial charge in [0.2, 0.25) is 5.79 Å². The number of carboxylic acid groups (broad SMARTS) is 1. The van der Waals surface area contributed by atoms with Crippen molar-refractivity contribution in [3.8, 4) is 0 Å². The van der Waals surface area contributed by atoms with Crippen LogP contribution in [0.15, 0.2) is 23.8 Å². The Labute approximate surface area is 336 Å². The van der Waals surface area contributed by atoms with Crippen LogP contribution in [0.2, 0.25) is 0 Å². The molecule has 7 heterocycles. The second-order valence-corrected chi connectivity index (χ2v) is 18.7. The molecule has 57 heavy (non-hydrogen) atoms. The monoisotopic (exact) mass is 806 g/mol. The van der Waals surface area contributed by atoms with Crippen LogP contribution in [-0.4, -0.2) is 128 Å². The van der Waals surface area contributed by atoms with Gasteiger partial charge in [0.25, 0.3) is 0 Å². The van der Waals surface area contributed by atoms with E-state index in [0.717, 1.165) is 37.7 Å². The predicted octanol–water partition coefficient (Wildman–Crippen LogP) is 4.23. The molecule has 7 aliphatic rings. The average Bonchev–Trinajstić information content (AvgIpc) is 3.56. The highest BCUT2D eigenvalue weighted by Crippen LogP contribution is 2.46. The van der Waals surface area contributed by atoms with E-state index in [2.05, 4.69) is 6.92 Å². The Morgan fingerprint density at radius 1 is 0.982 bits per heavy atom. The van der Waals surface area contributed by atoms with Gasteiger partial charge in [0, 0.05) is 38.0 Å². The Bertz CT molecular complexity index is 1510. The zero-order chi connectivity index (χ0) is 40.9. The van der Waals surface area contributed by atoms with Crippen molar-refractivity contribution in [3.63, 3.8) is 0 Å². The number of carbonyl (C=O) groups excluding carboxylic acids is 1. The minimum absolute atomic E-state index is 0.0607. The predicted molar refractivity (Wildman–Crippen MR) is 203 cm³/mol. The number of aliphatic hydroxyl groups excluding tert-OH is 3. The summed E-state index contributed by atoms with van der Waals surface area (Å²) in [5, 5.41) is 53.6. The molecule has 6 fully saturated rings. The number of hydrogen-bond acceptors (Lipinski definition) is 13. The van der Waals surface area contributed by atoms with E-state index in [0.29, 0.717) is 58.0 Å². The molecule has 17 atom stereocenters. The molecule has 322 valence electrons. The van der Waals surface area contributed by atoms with Crippen LogP contribution in [0.4, 0.5) is 0 Å². The minimum atomic E-state index is -1.97. The van der Waals surface area contributed by atoms with Gasteiger partial charge < -0.3 is 58.7 Å². The number of fused-ring (bicyclic) bond motifs is 1. The summed E-state index contributed by atoms with van der Waals surface area (Å²) in [4.78, 5) is 25.1. The van der Waals surface area contributed by atoms with E-state index in [1.165, 1.54) is 6.92 Å². The summed E-state index contributed by atoms with van der Waals surface area (Å²) in [6.45, 7) is 10.1. The molecule has 0 aromatic carbocycles. The molecule has 0 aromatic heterocycles. The van der Waals surface area contributed by atoms with Gasteiger partial charge in [-0.3, -0.25) is 4.79 Å². The fourth-order valence-corrected chi connectivity index (χ4v) is 10.4. The van der Waals surface area contributed by atoms with Crippen molar-refractivity contribution in [3.05, 3.63) is 23.8 Å². The standard InChI is InChI=1S/C43H66O14/c1-24-20-32(55-43(22-24)33(45)11-10-29(54-43)23-40(5,50)39(48)49)25(2)8-9-28-13-17-42(53-28)18-14-31-38(57-42)35(47)34(46)37(52-31)30(44)21-27(4)36-26(3)12-16-41(56-36)15-6-7-19-51-41/h8-9,22,25-33,35-38,44-45,47,50H,6-7,10-21,23H2,1-5H3,(H,48,49)/b9-8+/t25-,26-,27+,28+,29?,30+,31-,32?,33-,35-,36+,37-,38?,40-,41+,42?,43?/m1/s1. The molecule has 5 unspecified atom stereocenters. The first-order chi connectivity index (χ1) is 26.9. The van der Waals surface area contributed by atoms with Crippen molar-refractivity contribution in [2.75, 3.05) is 6.61 Å². The van der Waals surface area contributed by atoms with Crippen LogP contribution in [0.3, 0.4) is 0 Å². The number of hydrogen-bond donors (Lipinski definition) is 5. The third-order valence-electron chi connectivity index (χ3n) is 13.8. The van der Waals surface area contributed by atoms with Crippen molar-refractivity contribution < 1.29 is 68.3 Å². The van der Waals surface area contributed by atoms with E-state index in [1.54, 1.807) is 6.08 Å². The number of ether oxygens (including phenoxy) is 7. The topological polar surface area (TPSA) is 200 Å². The van der Waals surface area contributed by atoms with E-state index in [-0.39, 0.29) is 42.5 Å². The van der Waals surface area contributed by atoms with E-state index < -0.39 is 77.4 Å². The summed E-state index contributed by atoms with van der Waals surface area (Å²) in [5.74, 6) is -4.80. The average molecular weight is 807 g/mol. The first kappa shape index (κ1) is 43.3. The summed E-state index contributed by atoms with van der Waals surface area (Å²) < 4.78 is 44.6. The minimum Gasteiger partial charge on any atom is -0.479 e. The maximum atomic E-state index is 13.5. The molecule has 7 rings (SSSR count). The van der Waals surface area contributed by atoms with Gasteiger partial charge in [-0.1, -0.05) is 38.5 Å². The number of rotatable bonds is 10. The highest BCUT2D eigenvalue weighted by molar-refractivity contribution is 5.89. The summed E-state index contributed by atoms with van der Waals surface area (Å²) in [6.07, 6.45) is 6.76. The highest BCUT2D eigenvalue weighted by atomic mass is 16.7. The molecule has 14 nitrogen and oxygen atoms in total. The molecular weight excluding hydrogens is 740 g/mol. The highest BCUT2D eigenvalue weighted by Gasteiger charge is 2.56. The van der Waals surface area contributed by atoms with E-state index in [9.17, 15) is 35.1 Å². The molecule has 0 aliphatic carbocycles. The number of carbonyl (C=O) groups is 2. The van der Waals surface area contributed by atoms with Gasteiger partial charge >= 0.3 is 5.97 Å². The molecule has 7 aliphatic heterocycles. The number of aliphatic carboxylic acids is 1. The van der Waals surface area contributed by atoms with Crippen LogP contribution in [0.1, 0.15) is 125 Å². The zero-order valence-corrected chi connectivity index (χ0v) is 34.3. The van der Waals surface area contributed by atoms with E-state index in [1.807, 2.05) is 32.9 Å². The first-order valence-electron chi connectivity index (χ1n) is 21.5. The van der Waals surface area contributed by atoms with Gasteiger partial charge in [-0.25, -0.2) is 4.79 Å². The van der Waals surface area contributed by atoms with Gasteiger partial charge in [0.15, 0.2) is 23.0 Å². The zero-order valence-electron chi connectivity index (χ0n) is 34.3. The van der Waals surface area contributed by atoms with Gasteiger partial charge in [-0.2, -0.15) is 0 Å². The Morgan fingerprint density at radius 3 is 2.47 bits per heavy atom. The molecule has 0 amide bonds. The number of carboxylic acids is 1. The quantitative estimate of drug-likeness (QED) is 0.197. The SMILES string of the molecule is CC1=CC2(OC(C[C@@](C)(O)C(=O)O)CC[C@H]2O)OC([C@H](C)/C=C/[C@H]2CCC3(CC[C@H]4O[C@H]([C@@H](O)C[C@H](C)[C@H]5O[C@@]6(CCCCO6)CC[C@H]5C)C(=O)[C@@H](O)C4O3)O2)C1. The fourth-order valence-electron chi connectivity index (χ4n) is 10.4. The normalized spacial score (nSPS) is 45.4. The third-order valence-corrected chi connectivity index (χ3v) is 13.8. The van der Waals surface area contributed by atoms with E-state index >= 15 is 0 Å². The molecule has 0 saturated carbocycles. The molecule has 3 spiro atoms. The summed E-state index contributed by atoms with van der Waals surface area (Å²) in [7, 11) is 0. The van der Waals surface area contributed by atoms with Crippen molar-refractivity contribution in [1.29, 1.82) is 0 Å². The Balaban J connectivity index is 0.920. The van der Waals surface area contributed by atoms with E-state index in [4.69, 9.17) is 33.2 Å². The van der Waals surface area contributed by atoms with Crippen LogP contribution in [0.5, 0.6) is 0 Å². The number of aliphatic hydroxyl groups is 4. The Morgan fingerprint density at radius 2 is 1.74 bits per heavy atom. The molecule has 0 bridgehead atoms. The molecule has 0 radical (unpaired) electrons. The lowest BCUT2D eigenvalue weighted by Gasteiger charge is -2.49. The van der Waals surface area contributed by atoms with Crippen LogP contribution >= 0.6 is 0 Å². The lowest BCUT2D eigenvalue weighted by atomic mass is 9.80. The second-order valence-electron chi connectivity index (χ2n) is 18.7. The van der Waals surface area contributed by atoms with Crippen LogP contribution in [0.25, 0.3) is 0 Å². The van der Waals surface area contributed by atoms with Crippen molar-refractivity contribution in [2.45, 2.75) is 209 Å². The molecule has 5 N–H and O–H groups in total. The number of Topliss-reactive ketones (excluding diaryl/α,β-unsaturated/α-hetero) is 1. The molecule has 14 heteroatoms. The van der Waals surface area contributed by atoms with Gasteiger partial charge in [-0.15, -0.1) is 0 Å². The summed E-state index contributed by atoms with van der Waals surface area (Å²) in [5.41, 5.74) is -1.00. The Hall–Kier alpha value is -1.82. The third kappa shape index (κ3) is 9.12. The summed E-state index contributed by atoms with van der Waals surface area (Å²) in [6, 6.07) is 0. The van der Waals surface area contributed by atoms with Crippen LogP contribution in [-0.2, 0) is 42.7 Å².